The maximum Gasteiger partial charge on any atom is 0.0128 e. The van der Waals surface area contributed by atoms with Gasteiger partial charge in [0.05, 0.1) is 0 Å². The quantitative estimate of drug-likeness (QED) is 0.553. The molecule has 2 rings (SSSR count). The predicted octanol–water partition coefficient (Wildman–Crippen LogP) is 3.24. The van der Waals surface area contributed by atoms with E-state index in [4.69, 9.17) is 0 Å². The first-order valence-corrected chi connectivity index (χ1v) is 7.41. The molecule has 0 saturated heterocycles. The van der Waals surface area contributed by atoms with Crippen molar-refractivity contribution >= 4 is 0 Å². The van der Waals surface area contributed by atoms with Crippen molar-refractivity contribution in [2.45, 2.75) is 64.2 Å². The zero-order valence-corrected chi connectivity index (χ0v) is 10.6. The molecule has 0 amide bonds. The molecule has 2 aliphatic carbocycles. The van der Waals surface area contributed by atoms with Gasteiger partial charge >= 0.3 is 0 Å². The lowest BCUT2D eigenvalue weighted by molar-refractivity contribution is 0.294. The van der Waals surface area contributed by atoms with Gasteiger partial charge in [-0.25, -0.2) is 0 Å². The summed E-state index contributed by atoms with van der Waals surface area (Å²) in [7, 11) is 0. The molecule has 2 heteroatoms. The van der Waals surface area contributed by atoms with Crippen LogP contribution < -0.4 is 10.9 Å². The Kier molecular flexibility index (Phi) is 5.64. The summed E-state index contributed by atoms with van der Waals surface area (Å²) in [6, 6.07) is 0. The summed E-state index contributed by atoms with van der Waals surface area (Å²) in [5, 5.41) is 0. The molecule has 2 saturated carbocycles. The van der Waals surface area contributed by atoms with Gasteiger partial charge in [0.25, 0.3) is 0 Å². The van der Waals surface area contributed by atoms with Gasteiger partial charge in [-0.1, -0.05) is 38.5 Å². The normalized spacial score (nSPS) is 24.8. The Balaban J connectivity index is 1.47. The van der Waals surface area contributed by atoms with Crippen LogP contribution in [-0.4, -0.2) is 13.1 Å². The first kappa shape index (κ1) is 12.4. The molecule has 0 heterocycles. The fourth-order valence-corrected chi connectivity index (χ4v) is 3.22. The number of hydrogen-bond acceptors (Lipinski definition) is 2. The van der Waals surface area contributed by atoms with Crippen LogP contribution in [0.5, 0.6) is 0 Å². The molecule has 0 bridgehead atoms. The van der Waals surface area contributed by atoms with E-state index in [0.29, 0.717) is 0 Å². The molecule has 2 fully saturated rings. The molecule has 0 spiro atoms. The smallest absolute Gasteiger partial charge is 0.0128 e. The van der Waals surface area contributed by atoms with Crippen LogP contribution in [0.15, 0.2) is 0 Å². The van der Waals surface area contributed by atoms with Crippen molar-refractivity contribution in [2.24, 2.45) is 11.8 Å². The van der Waals surface area contributed by atoms with Crippen molar-refractivity contribution in [3.8, 4) is 0 Å². The molecular formula is C14H28N2. The van der Waals surface area contributed by atoms with Gasteiger partial charge < -0.3 is 0 Å². The second-order valence-corrected chi connectivity index (χ2v) is 5.77. The topological polar surface area (TPSA) is 24.1 Å². The minimum atomic E-state index is 0.938. The Morgan fingerprint density at radius 2 is 0.938 bits per heavy atom. The van der Waals surface area contributed by atoms with Gasteiger partial charge in [0, 0.05) is 13.1 Å². The fraction of sp³-hybridized carbons (Fsp3) is 1.00. The first-order valence-electron chi connectivity index (χ1n) is 7.41. The molecule has 0 radical (unpaired) electrons. The van der Waals surface area contributed by atoms with Crippen LogP contribution in [0.2, 0.25) is 0 Å². The predicted molar refractivity (Wildman–Crippen MR) is 69.2 cm³/mol. The molecule has 0 aromatic heterocycles. The highest BCUT2D eigenvalue weighted by Crippen LogP contribution is 2.23. The number of hydrogen-bond donors (Lipinski definition) is 2. The van der Waals surface area contributed by atoms with E-state index in [1.807, 2.05) is 0 Å². The average Bonchev–Trinajstić information content (AvgIpc) is 2.37. The second-order valence-electron chi connectivity index (χ2n) is 5.77. The molecule has 0 atom stereocenters. The summed E-state index contributed by atoms with van der Waals surface area (Å²) in [5.74, 6) is 1.88. The molecule has 2 nitrogen and oxygen atoms in total. The molecule has 0 aromatic carbocycles. The summed E-state index contributed by atoms with van der Waals surface area (Å²) in [4.78, 5) is 0. The van der Waals surface area contributed by atoms with E-state index in [1.165, 1.54) is 77.3 Å². The molecule has 16 heavy (non-hydrogen) atoms. The SMILES string of the molecule is C1CCC(CNNCC2CCCCC2)CC1. The zero-order chi connectivity index (χ0) is 11.1. The minimum absolute atomic E-state index is 0.938. The molecular weight excluding hydrogens is 196 g/mol. The van der Waals surface area contributed by atoms with Crippen molar-refractivity contribution in [1.82, 2.24) is 10.9 Å². The lowest BCUT2D eigenvalue weighted by Gasteiger charge is -2.24. The van der Waals surface area contributed by atoms with Crippen molar-refractivity contribution in [3.63, 3.8) is 0 Å². The van der Waals surface area contributed by atoms with E-state index in [1.54, 1.807) is 0 Å². The molecule has 94 valence electrons. The average molecular weight is 224 g/mol. The van der Waals surface area contributed by atoms with Crippen LogP contribution in [0, 0.1) is 11.8 Å². The maximum absolute atomic E-state index is 3.45. The van der Waals surface area contributed by atoms with Crippen molar-refractivity contribution < 1.29 is 0 Å². The Hall–Kier alpha value is -0.0800. The Labute approximate surface area is 101 Å². The Morgan fingerprint density at radius 1 is 0.562 bits per heavy atom. The van der Waals surface area contributed by atoms with Crippen LogP contribution >= 0.6 is 0 Å². The number of nitrogens with one attached hydrogen (secondary N) is 2. The highest BCUT2D eigenvalue weighted by molar-refractivity contribution is 4.69. The lowest BCUT2D eigenvalue weighted by atomic mass is 9.89. The van der Waals surface area contributed by atoms with Gasteiger partial charge in [0.2, 0.25) is 0 Å². The monoisotopic (exact) mass is 224 g/mol. The standard InChI is InChI=1S/C14H28N2/c1-3-7-13(8-4-1)11-15-16-12-14-9-5-2-6-10-14/h13-16H,1-12H2. The lowest BCUT2D eigenvalue weighted by Crippen LogP contribution is -2.39. The van der Waals surface area contributed by atoms with E-state index < -0.39 is 0 Å². The van der Waals surface area contributed by atoms with Crippen LogP contribution in [-0.2, 0) is 0 Å². The largest absolute Gasteiger partial charge is 0.258 e. The Morgan fingerprint density at radius 3 is 1.31 bits per heavy atom. The van der Waals surface area contributed by atoms with E-state index in [2.05, 4.69) is 10.9 Å². The summed E-state index contributed by atoms with van der Waals surface area (Å²) in [6.45, 7) is 2.37. The third kappa shape index (κ3) is 4.42. The summed E-state index contributed by atoms with van der Waals surface area (Å²) in [5.41, 5.74) is 6.90. The Bertz CT molecular complexity index is 150. The van der Waals surface area contributed by atoms with Crippen molar-refractivity contribution in [1.29, 1.82) is 0 Å². The highest BCUT2D eigenvalue weighted by atomic mass is 15.3. The second kappa shape index (κ2) is 7.29. The maximum atomic E-state index is 3.45. The molecule has 0 unspecified atom stereocenters. The van der Waals surface area contributed by atoms with Crippen LogP contribution in [0.3, 0.4) is 0 Å². The van der Waals surface area contributed by atoms with E-state index in [9.17, 15) is 0 Å². The molecule has 2 N–H and O–H groups in total. The van der Waals surface area contributed by atoms with Gasteiger partial charge in [0.15, 0.2) is 0 Å². The van der Waals surface area contributed by atoms with Gasteiger partial charge in [-0.15, -0.1) is 0 Å². The highest BCUT2D eigenvalue weighted by Gasteiger charge is 2.14. The van der Waals surface area contributed by atoms with E-state index in [0.717, 1.165) is 11.8 Å². The van der Waals surface area contributed by atoms with Crippen LogP contribution in [0.25, 0.3) is 0 Å². The number of hydrazine groups is 1. The van der Waals surface area contributed by atoms with Crippen molar-refractivity contribution in [3.05, 3.63) is 0 Å². The van der Waals surface area contributed by atoms with E-state index in [-0.39, 0.29) is 0 Å². The minimum Gasteiger partial charge on any atom is -0.258 e. The van der Waals surface area contributed by atoms with Crippen LogP contribution in [0.1, 0.15) is 64.2 Å². The van der Waals surface area contributed by atoms with Gasteiger partial charge in [0.1, 0.15) is 0 Å². The summed E-state index contributed by atoms with van der Waals surface area (Å²) < 4.78 is 0. The summed E-state index contributed by atoms with van der Waals surface area (Å²) >= 11 is 0. The van der Waals surface area contributed by atoms with Gasteiger partial charge in [-0.2, -0.15) is 0 Å². The van der Waals surface area contributed by atoms with E-state index >= 15 is 0 Å². The molecule has 0 aliphatic heterocycles. The fourth-order valence-electron chi connectivity index (χ4n) is 3.22. The molecule has 0 aromatic rings. The third-order valence-electron chi connectivity index (χ3n) is 4.36. The zero-order valence-electron chi connectivity index (χ0n) is 10.6. The van der Waals surface area contributed by atoms with Gasteiger partial charge in [-0.3, -0.25) is 10.9 Å². The van der Waals surface area contributed by atoms with Crippen LogP contribution in [0.4, 0.5) is 0 Å². The summed E-state index contributed by atoms with van der Waals surface area (Å²) in [6.07, 6.45) is 14.5. The van der Waals surface area contributed by atoms with Gasteiger partial charge in [-0.05, 0) is 37.5 Å². The van der Waals surface area contributed by atoms with Crippen molar-refractivity contribution in [2.75, 3.05) is 13.1 Å². The number of rotatable bonds is 5. The first-order chi connectivity index (χ1) is 7.95. The third-order valence-corrected chi connectivity index (χ3v) is 4.36. The molecule has 2 aliphatic rings.